The first kappa shape index (κ1) is 11.1. The minimum Gasteiger partial charge on any atom is -0.316 e. The topological polar surface area (TPSA) is 28.5 Å². The van der Waals surface area contributed by atoms with Crippen LogP contribution >= 0.6 is 12.2 Å². The molecule has 0 unspecified atom stereocenters. The molecule has 3 nitrogen and oxygen atoms in total. The van der Waals surface area contributed by atoms with Gasteiger partial charge in [0.2, 0.25) is 0 Å². The van der Waals surface area contributed by atoms with Gasteiger partial charge in [-0.1, -0.05) is 13.8 Å². The highest BCUT2D eigenvalue weighted by molar-refractivity contribution is 7.80. The van der Waals surface area contributed by atoms with E-state index >= 15 is 0 Å². The van der Waals surface area contributed by atoms with E-state index in [1.807, 2.05) is 0 Å². The van der Waals surface area contributed by atoms with Gasteiger partial charge in [-0.25, -0.2) is 0 Å². The molecule has 1 aliphatic carbocycles. The van der Waals surface area contributed by atoms with Crippen LogP contribution in [0.3, 0.4) is 0 Å². The van der Waals surface area contributed by atoms with Gasteiger partial charge >= 0.3 is 0 Å². The molecule has 0 bridgehead atoms. The molecule has 2 aliphatic rings. The molecule has 0 radical (unpaired) electrons. The third-order valence-electron chi connectivity index (χ3n) is 4.18. The average Bonchev–Trinajstić information content (AvgIpc) is 2.24. The van der Waals surface area contributed by atoms with E-state index < -0.39 is 0 Å². The van der Waals surface area contributed by atoms with Gasteiger partial charge in [-0.15, -0.1) is 0 Å². The van der Waals surface area contributed by atoms with E-state index in [1.54, 1.807) is 4.90 Å². The van der Waals surface area contributed by atoms with Gasteiger partial charge < -0.3 is 10.6 Å². The van der Waals surface area contributed by atoms with Crippen molar-refractivity contribution in [1.82, 2.24) is 10.6 Å². The second kappa shape index (κ2) is 4.66. The van der Waals surface area contributed by atoms with Crippen molar-refractivity contribution >= 4 is 17.3 Å². The van der Waals surface area contributed by atoms with Gasteiger partial charge in [0, 0.05) is 5.92 Å². The maximum atomic E-state index is 5.08. The molecule has 4 heteroatoms. The molecule has 0 amide bonds. The summed E-state index contributed by atoms with van der Waals surface area (Å²) in [5, 5.41) is 7.31. The molecule has 2 fully saturated rings. The summed E-state index contributed by atoms with van der Waals surface area (Å²) >= 11 is 5.08. The Balaban J connectivity index is 1.94. The maximum Gasteiger partial charge on any atom is 0.174 e. The van der Waals surface area contributed by atoms with Crippen molar-refractivity contribution in [1.29, 1.82) is 0 Å². The summed E-state index contributed by atoms with van der Waals surface area (Å²) < 4.78 is 0. The van der Waals surface area contributed by atoms with Crippen LogP contribution in [0.15, 0.2) is 0 Å². The van der Waals surface area contributed by atoms with Gasteiger partial charge in [-0.05, 0) is 37.4 Å². The van der Waals surface area contributed by atoms with Gasteiger partial charge in [0.05, 0.1) is 6.04 Å². The Morgan fingerprint density at radius 3 is 2.53 bits per heavy atom. The van der Waals surface area contributed by atoms with E-state index in [0.29, 0.717) is 0 Å². The fraction of sp³-hybridized carbons (Fsp3) is 0.909. The Labute approximate surface area is 97.6 Å². The Morgan fingerprint density at radius 1 is 1.20 bits per heavy atom. The zero-order chi connectivity index (χ0) is 10.8. The van der Waals surface area contributed by atoms with E-state index in [1.165, 1.54) is 19.3 Å². The average molecular weight is 228 g/mol. The number of hydrogen-bond acceptors (Lipinski definition) is 1. The summed E-state index contributed by atoms with van der Waals surface area (Å²) in [6.45, 7) is 6.79. The van der Waals surface area contributed by atoms with Crippen molar-refractivity contribution in [2.75, 3.05) is 13.3 Å². The lowest BCUT2D eigenvalue weighted by molar-refractivity contribution is -0.936. The Hall–Kier alpha value is -0.350. The lowest BCUT2D eigenvalue weighted by Crippen LogP contribution is -3.21. The lowest BCUT2D eigenvalue weighted by atomic mass is 9.77. The largest absolute Gasteiger partial charge is 0.316 e. The zero-order valence-electron chi connectivity index (χ0n) is 9.68. The third kappa shape index (κ3) is 2.42. The predicted molar refractivity (Wildman–Crippen MR) is 65.5 cm³/mol. The van der Waals surface area contributed by atoms with Crippen LogP contribution in [0.5, 0.6) is 0 Å². The molecule has 0 spiro atoms. The molecular weight excluding hydrogens is 206 g/mol. The molecule has 3 atom stereocenters. The molecule has 2 rings (SSSR count). The molecule has 86 valence electrons. The highest BCUT2D eigenvalue weighted by Gasteiger charge is 2.35. The first-order valence-electron chi connectivity index (χ1n) is 6.04. The quantitative estimate of drug-likeness (QED) is 0.556. The van der Waals surface area contributed by atoms with E-state index in [9.17, 15) is 0 Å². The molecule has 15 heavy (non-hydrogen) atoms. The summed E-state index contributed by atoms with van der Waals surface area (Å²) in [5.74, 6) is 1.72. The van der Waals surface area contributed by atoms with E-state index in [-0.39, 0.29) is 0 Å². The SMILES string of the molecule is C[C@H]1[C@H]([NH+]2CNC(=S)NC2)CCC[C@@H]1C. The highest BCUT2D eigenvalue weighted by Crippen LogP contribution is 2.27. The second-order valence-electron chi connectivity index (χ2n) is 5.07. The van der Waals surface area contributed by atoms with E-state index in [2.05, 4.69) is 24.5 Å². The number of thiocarbonyl (C=S) groups is 1. The van der Waals surface area contributed by atoms with Crippen molar-refractivity contribution in [3.05, 3.63) is 0 Å². The fourth-order valence-corrected chi connectivity index (χ4v) is 3.08. The molecule has 0 aromatic heterocycles. The predicted octanol–water partition coefficient (Wildman–Crippen LogP) is 0.0887. The van der Waals surface area contributed by atoms with Crippen LogP contribution in [0, 0.1) is 11.8 Å². The summed E-state index contributed by atoms with van der Waals surface area (Å²) in [7, 11) is 0. The summed E-state index contributed by atoms with van der Waals surface area (Å²) in [6, 6.07) is 0.803. The fourth-order valence-electron chi connectivity index (χ4n) is 2.93. The van der Waals surface area contributed by atoms with Gasteiger partial charge in [-0.2, -0.15) is 0 Å². The van der Waals surface area contributed by atoms with Crippen molar-refractivity contribution < 1.29 is 4.90 Å². The molecule has 1 aliphatic heterocycles. The Morgan fingerprint density at radius 2 is 1.87 bits per heavy atom. The highest BCUT2D eigenvalue weighted by atomic mass is 32.1. The van der Waals surface area contributed by atoms with Gasteiger partial charge in [0.15, 0.2) is 18.4 Å². The second-order valence-corrected chi connectivity index (χ2v) is 5.48. The normalized spacial score (nSPS) is 38.3. The van der Waals surface area contributed by atoms with E-state index in [4.69, 9.17) is 12.2 Å². The van der Waals surface area contributed by atoms with Crippen LogP contribution < -0.4 is 15.5 Å². The van der Waals surface area contributed by atoms with Crippen LogP contribution in [0.4, 0.5) is 0 Å². The standard InChI is InChI=1S/C11H21N3S/c1-8-4-3-5-10(9(8)2)14-6-12-11(15)13-7-14/h8-10H,3-7H2,1-2H3,(H2,12,13,15)/p+1/t8-,9+,10+/m0/s1. The summed E-state index contributed by atoms with van der Waals surface area (Å²) in [5.41, 5.74) is 0. The molecule has 0 aromatic rings. The number of rotatable bonds is 1. The number of quaternary nitrogens is 1. The van der Waals surface area contributed by atoms with E-state index in [0.717, 1.165) is 36.3 Å². The Bertz CT molecular complexity index is 234. The Kier molecular flexibility index (Phi) is 3.46. The third-order valence-corrected chi connectivity index (χ3v) is 4.47. The van der Waals surface area contributed by atoms with Crippen molar-refractivity contribution in [2.45, 2.75) is 39.2 Å². The van der Waals surface area contributed by atoms with Crippen molar-refractivity contribution in [3.8, 4) is 0 Å². The molecule has 1 saturated heterocycles. The number of hydrogen-bond donors (Lipinski definition) is 3. The van der Waals surface area contributed by atoms with Crippen LogP contribution in [0.25, 0.3) is 0 Å². The maximum absolute atomic E-state index is 5.08. The van der Waals surface area contributed by atoms with Gasteiger partial charge in [0.1, 0.15) is 0 Å². The number of nitrogens with one attached hydrogen (secondary N) is 3. The zero-order valence-corrected chi connectivity index (χ0v) is 10.5. The van der Waals surface area contributed by atoms with Crippen LogP contribution in [-0.2, 0) is 0 Å². The van der Waals surface area contributed by atoms with Crippen LogP contribution in [-0.4, -0.2) is 24.5 Å². The minimum atomic E-state index is 0.803. The lowest BCUT2D eigenvalue weighted by Gasteiger charge is -2.40. The first-order chi connectivity index (χ1) is 7.18. The first-order valence-corrected chi connectivity index (χ1v) is 6.45. The molecule has 3 N–H and O–H groups in total. The molecule has 0 aromatic carbocycles. The molecule has 1 heterocycles. The summed E-state index contributed by atoms with van der Waals surface area (Å²) in [6.07, 6.45) is 4.17. The smallest absolute Gasteiger partial charge is 0.174 e. The summed E-state index contributed by atoms with van der Waals surface area (Å²) in [4.78, 5) is 1.63. The van der Waals surface area contributed by atoms with Gasteiger partial charge in [-0.3, -0.25) is 4.90 Å². The molecule has 1 saturated carbocycles. The van der Waals surface area contributed by atoms with Crippen LogP contribution in [0.1, 0.15) is 33.1 Å². The van der Waals surface area contributed by atoms with Crippen LogP contribution in [0.2, 0.25) is 0 Å². The van der Waals surface area contributed by atoms with Crippen molar-refractivity contribution in [2.24, 2.45) is 11.8 Å². The molecular formula is C11H22N3S+. The minimum absolute atomic E-state index is 0.803. The van der Waals surface area contributed by atoms with Gasteiger partial charge in [0.25, 0.3) is 0 Å². The van der Waals surface area contributed by atoms with Crippen molar-refractivity contribution in [3.63, 3.8) is 0 Å². The monoisotopic (exact) mass is 228 g/mol.